The number of hydrogen-bond donors (Lipinski definition) is 1. The van der Waals surface area contributed by atoms with Gasteiger partial charge in [-0.15, -0.1) is 11.3 Å². The van der Waals surface area contributed by atoms with Gasteiger partial charge in [0.15, 0.2) is 0 Å². The molecule has 1 amide bonds. The summed E-state index contributed by atoms with van der Waals surface area (Å²) in [5, 5.41) is 1.50. The predicted molar refractivity (Wildman–Crippen MR) is 78.5 cm³/mol. The topological polar surface area (TPSA) is 46.3 Å². The average molecular weight is 283 g/mol. The van der Waals surface area contributed by atoms with Crippen molar-refractivity contribution in [2.24, 2.45) is 0 Å². The summed E-state index contributed by atoms with van der Waals surface area (Å²) in [6.07, 6.45) is 0. The van der Waals surface area contributed by atoms with Gasteiger partial charge in [-0.05, 0) is 32.0 Å². The van der Waals surface area contributed by atoms with Gasteiger partial charge in [0.2, 0.25) is 0 Å². The summed E-state index contributed by atoms with van der Waals surface area (Å²) in [5.41, 5.74) is 6.60. The lowest BCUT2D eigenvalue weighted by Gasteiger charge is -2.17. The van der Waals surface area contributed by atoms with Gasteiger partial charge in [-0.3, -0.25) is 4.79 Å². The first kappa shape index (κ1) is 13.2. The third kappa shape index (κ3) is 2.18. The number of rotatable bonds is 3. The summed E-state index contributed by atoms with van der Waals surface area (Å²) in [6.45, 7) is 5.29. The van der Waals surface area contributed by atoms with Crippen LogP contribution >= 0.6 is 22.9 Å². The Morgan fingerprint density at radius 2 is 2.06 bits per heavy atom. The number of anilines is 1. The highest BCUT2D eigenvalue weighted by molar-refractivity contribution is 7.21. The van der Waals surface area contributed by atoms with E-state index in [2.05, 4.69) is 0 Å². The highest BCUT2D eigenvalue weighted by Gasteiger charge is 2.20. The van der Waals surface area contributed by atoms with Gasteiger partial charge in [0.1, 0.15) is 4.88 Å². The van der Waals surface area contributed by atoms with E-state index in [9.17, 15) is 4.79 Å². The van der Waals surface area contributed by atoms with E-state index < -0.39 is 0 Å². The van der Waals surface area contributed by atoms with E-state index in [-0.39, 0.29) is 5.91 Å². The molecule has 18 heavy (non-hydrogen) atoms. The molecule has 0 unspecified atom stereocenters. The fourth-order valence-corrected chi connectivity index (χ4v) is 3.15. The molecule has 0 radical (unpaired) electrons. The molecular weight excluding hydrogens is 268 g/mol. The van der Waals surface area contributed by atoms with Gasteiger partial charge in [0.25, 0.3) is 5.91 Å². The standard InChI is InChI=1S/C13H15ClN2OS/c1-3-16(4-2)13(17)12-11(15)9-7-8(14)5-6-10(9)18-12/h5-7H,3-4,15H2,1-2H3. The summed E-state index contributed by atoms with van der Waals surface area (Å²) < 4.78 is 0.993. The second-order valence-corrected chi connectivity index (χ2v) is 5.45. The van der Waals surface area contributed by atoms with Crippen LogP contribution in [0.25, 0.3) is 10.1 Å². The lowest BCUT2D eigenvalue weighted by Crippen LogP contribution is -2.30. The van der Waals surface area contributed by atoms with Crippen molar-refractivity contribution < 1.29 is 4.79 Å². The predicted octanol–water partition coefficient (Wildman–Crippen LogP) is 3.62. The highest BCUT2D eigenvalue weighted by atomic mass is 35.5. The largest absolute Gasteiger partial charge is 0.397 e. The van der Waals surface area contributed by atoms with E-state index in [1.807, 2.05) is 32.0 Å². The molecule has 2 aromatic rings. The Bertz CT molecular complexity index is 590. The molecule has 2 N–H and O–H groups in total. The zero-order valence-corrected chi connectivity index (χ0v) is 11.9. The highest BCUT2D eigenvalue weighted by Crippen LogP contribution is 2.35. The van der Waals surface area contributed by atoms with Gasteiger partial charge in [-0.2, -0.15) is 0 Å². The van der Waals surface area contributed by atoms with Crippen molar-refractivity contribution >= 4 is 44.6 Å². The Kier molecular flexibility index (Phi) is 3.78. The first-order valence-corrected chi connectivity index (χ1v) is 7.04. The zero-order chi connectivity index (χ0) is 13.3. The van der Waals surface area contributed by atoms with Crippen LogP contribution < -0.4 is 5.73 Å². The average Bonchev–Trinajstić information content (AvgIpc) is 2.68. The quantitative estimate of drug-likeness (QED) is 0.934. The molecule has 2 rings (SSSR count). The molecule has 0 saturated carbocycles. The summed E-state index contributed by atoms with van der Waals surface area (Å²) in [7, 11) is 0. The second kappa shape index (κ2) is 5.16. The number of nitrogens with two attached hydrogens (primary N) is 1. The molecule has 1 aromatic heterocycles. The molecular formula is C13H15ClN2OS. The van der Waals surface area contributed by atoms with E-state index in [1.54, 1.807) is 4.90 Å². The Labute approximate surface area is 115 Å². The van der Waals surface area contributed by atoms with E-state index in [4.69, 9.17) is 17.3 Å². The number of nitrogen functional groups attached to an aromatic ring is 1. The Hall–Kier alpha value is -1.26. The van der Waals surface area contributed by atoms with Gasteiger partial charge in [0, 0.05) is 28.2 Å². The number of thiophene rings is 1. The number of nitrogens with zero attached hydrogens (tertiary/aromatic N) is 1. The maximum Gasteiger partial charge on any atom is 0.266 e. The van der Waals surface area contributed by atoms with E-state index >= 15 is 0 Å². The molecule has 5 heteroatoms. The van der Waals surface area contributed by atoms with Gasteiger partial charge >= 0.3 is 0 Å². The van der Waals surface area contributed by atoms with Gasteiger partial charge in [0.05, 0.1) is 5.69 Å². The van der Waals surface area contributed by atoms with E-state index in [0.29, 0.717) is 28.7 Å². The minimum absolute atomic E-state index is 0.00479. The number of benzene rings is 1. The van der Waals surface area contributed by atoms with Crippen LogP contribution in [0.1, 0.15) is 23.5 Å². The van der Waals surface area contributed by atoms with Gasteiger partial charge in [-0.1, -0.05) is 11.6 Å². The van der Waals surface area contributed by atoms with Crippen LogP contribution in [-0.2, 0) is 0 Å². The maximum atomic E-state index is 12.3. The first-order chi connectivity index (χ1) is 8.58. The van der Waals surface area contributed by atoms with Crippen LogP contribution in [0.15, 0.2) is 18.2 Å². The molecule has 1 heterocycles. The van der Waals surface area contributed by atoms with Crippen molar-refractivity contribution in [1.82, 2.24) is 4.90 Å². The fraction of sp³-hybridized carbons (Fsp3) is 0.308. The Morgan fingerprint density at radius 3 is 2.67 bits per heavy atom. The number of halogens is 1. The van der Waals surface area contributed by atoms with E-state index in [0.717, 1.165) is 10.1 Å². The molecule has 96 valence electrons. The number of amides is 1. The maximum absolute atomic E-state index is 12.3. The summed E-state index contributed by atoms with van der Waals surface area (Å²) in [4.78, 5) is 14.7. The normalized spacial score (nSPS) is 10.8. The summed E-state index contributed by atoms with van der Waals surface area (Å²) in [5.74, 6) is -0.00479. The van der Waals surface area contributed by atoms with Crippen molar-refractivity contribution in [2.45, 2.75) is 13.8 Å². The van der Waals surface area contributed by atoms with Crippen LogP contribution in [0.5, 0.6) is 0 Å². The molecule has 0 saturated heterocycles. The zero-order valence-electron chi connectivity index (χ0n) is 10.4. The third-order valence-corrected chi connectivity index (χ3v) is 4.34. The number of carbonyl (C=O) groups is 1. The van der Waals surface area contributed by atoms with Crippen LogP contribution in [0.2, 0.25) is 5.02 Å². The fourth-order valence-electron chi connectivity index (χ4n) is 1.90. The lowest BCUT2D eigenvalue weighted by molar-refractivity contribution is 0.0779. The van der Waals surface area contributed by atoms with Crippen molar-refractivity contribution in [1.29, 1.82) is 0 Å². The monoisotopic (exact) mass is 282 g/mol. The van der Waals surface area contributed by atoms with Crippen molar-refractivity contribution in [3.63, 3.8) is 0 Å². The van der Waals surface area contributed by atoms with Crippen molar-refractivity contribution in [2.75, 3.05) is 18.8 Å². The Morgan fingerprint density at radius 1 is 1.39 bits per heavy atom. The number of hydrogen-bond acceptors (Lipinski definition) is 3. The molecule has 0 spiro atoms. The molecule has 0 aliphatic rings. The smallest absolute Gasteiger partial charge is 0.266 e. The molecule has 3 nitrogen and oxygen atoms in total. The van der Waals surface area contributed by atoms with Crippen LogP contribution in [0.3, 0.4) is 0 Å². The number of carbonyl (C=O) groups excluding carboxylic acids is 1. The number of fused-ring (bicyclic) bond motifs is 1. The third-order valence-electron chi connectivity index (χ3n) is 2.93. The minimum Gasteiger partial charge on any atom is -0.397 e. The van der Waals surface area contributed by atoms with Crippen molar-refractivity contribution in [3.05, 3.63) is 28.1 Å². The van der Waals surface area contributed by atoms with E-state index in [1.165, 1.54) is 11.3 Å². The van der Waals surface area contributed by atoms with Gasteiger partial charge in [-0.25, -0.2) is 0 Å². The molecule has 0 aliphatic carbocycles. The molecule has 0 fully saturated rings. The van der Waals surface area contributed by atoms with Crippen LogP contribution in [-0.4, -0.2) is 23.9 Å². The Balaban J connectivity index is 2.52. The van der Waals surface area contributed by atoms with Crippen LogP contribution in [0.4, 0.5) is 5.69 Å². The van der Waals surface area contributed by atoms with Crippen LogP contribution in [0, 0.1) is 0 Å². The molecule has 0 atom stereocenters. The summed E-state index contributed by atoms with van der Waals surface area (Å²) in [6, 6.07) is 5.52. The molecule has 0 bridgehead atoms. The molecule has 0 aliphatic heterocycles. The lowest BCUT2D eigenvalue weighted by atomic mass is 10.2. The van der Waals surface area contributed by atoms with Crippen molar-refractivity contribution in [3.8, 4) is 0 Å². The SMILES string of the molecule is CCN(CC)C(=O)c1sc2ccc(Cl)cc2c1N. The minimum atomic E-state index is -0.00479. The van der Waals surface area contributed by atoms with Gasteiger partial charge < -0.3 is 10.6 Å². The summed E-state index contributed by atoms with van der Waals surface area (Å²) >= 11 is 7.38. The molecule has 1 aromatic carbocycles. The second-order valence-electron chi connectivity index (χ2n) is 3.96. The first-order valence-electron chi connectivity index (χ1n) is 5.85.